The summed E-state index contributed by atoms with van der Waals surface area (Å²) in [6.07, 6.45) is 4.15. The molecule has 2 unspecified atom stereocenters. The fraction of sp³-hybridized carbons (Fsp3) is 0.148. The minimum Gasteiger partial charge on any atom is -0.352 e. The summed E-state index contributed by atoms with van der Waals surface area (Å²) in [5.74, 6) is -0.0534. The molecule has 0 saturated carbocycles. The van der Waals surface area contributed by atoms with E-state index in [-0.39, 0.29) is 18.0 Å². The van der Waals surface area contributed by atoms with E-state index in [1.54, 1.807) is 6.20 Å². The SMILES string of the molecule is O=C(CCN1C(=S)NC(c2ccccn2)C1c1cccn1-c1ccc(Br)cc1)Nc1ccccc1. The number of pyridine rings is 1. The first-order valence-corrected chi connectivity index (χ1v) is 12.6. The number of carbonyl (C=O) groups is 1. The first-order valence-electron chi connectivity index (χ1n) is 11.4. The summed E-state index contributed by atoms with van der Waals surface area (Å²) in [6.45, 7) is 0.476. The van der Waals surface area contributed by atoms with Gasteiger partial charge in [0.05, 0.1) is 17.8 Å². The summed E-state index contributed by atoms with van der Waals surface area (Å²) >= 11 is 9.29. The van der Waals surface area contributed by atoms with Crippen molar-refractivity contribution in [2.45, 2.75) is 18.5 Å². The molecule has 4 aromatic rings. The Labute approximate surface area is 218 Å². The summed E-state index contributed by atoms with van der Waals surface area (Å²) < 4.78 is 3.19. The number of benzene rings is 2. The molecular formula is C27H24BrN5OS. The Bertz CT molecular complexity index is 1310. The number of rotatable bonds is 7. The van der Waals surface area contributed by atoms with Crippen LogP contribution in [0.5, 0.6) is 0 Å². The van der Waals surface area contributed by atoms with E-state index in [0.29, 0.717) is 18.1 Å². The monoisotopic (exact) mass is 545 g/mol. The Hall–Kier alpha value is -3.49. The maximum Gasteiger partial charge on any atom is 0.226 e. The third-order valence-electron chi connectivity index (χ3n) is 6.02. The van der Waals surface area contributed by atoms with Crippen LogP contribution in [0.15, 0.2) is 102 Å². The molecule has 3 heterocycles. The predicted octanol–water partition coefficient (Wildman–Crippen LogP) is 5.64. The maximum atomic E-state index is 12.7. The highest BCUT2D eigenvalue weighted by molar-refractivity contribution is 9.10. The van der Waals surface area contributed by atoms with Crippen molar-refractivity contribution in [3.8, 4) is 5.69 Å². The molecule has 0 spiro atoms. The first kappa shape index (κ1) is 23.3. The van der Waals surface area contributed by atoms with Gasteiger partial charge in [0.2, 0.25) is 5.91 Å². The van der Waals surface area contributed by atoms with Crippen LogP contribution in [-0.4, -0.2) is 32.0 Å². The van der Waals surface area contributed by atoms with Crippen LogP contribution in [0.2, 0.25) is 0 Å². The quantitative estimate of drug-likeness (QED) is 0.294. The van der Waals surface area contributed by atoms with Crippen LogP contribution in [0, 0.1) is 0 Å². The molecule has 0 radical (unpaired) electrons. The van der Waals surface area contributed by atoms with Crippen LogP contribution < -0.4 is 10.6 Å². The lowest BCUT2D eigenvalue weighted by molar-refractivity contribution is -0.116. The molecule has 2 atom stereocenters. The van der Waals surface area contributed by atoms with Crippen molar-refractivity contribution < 1.29 is 4.79 Å². The summed E-state index contributed by atoms with van der Waals surface area (Å²) in [4.78, 5) is 19.4. The second kappa shape index (κ2) is 10.4. The number of aromatic nitrogens is 2. The van der Waals surface area contributed by atoms with Gasteiger partial charge in [0.15, 0.2) is 5.11 Å². The molecule has 5 rings (SSSR count). The molecule has 1 aliphatic rings. The average molecular weight is 546 g/mol. The molecule has 0 bridgehead atoms. The van der Waals surface area contributed by atoms with Crippen molar-refractivity contribution in [1.82, 2.24) is 19.8 Å². The number of anilines is 1. The topological polar surface area (TPSA) is 62.2 Å². The van der Waals surface area contributed by atoms with Crippen LogP contribution in [-0.2, 0) is 4.79 Å². The minimum absolute atomic E-state index is 0.0534. The normalized spacial score (nSPS) is 17.3. The van der Waals surface area contributed by atoms with E-state index in [2.05, 4.69) is 65.4 Å². The molecular weight excluding hydrogens is 522 g/mol. The third kappa shape index (κ3) is 5.13. The van der Waals surface area contributed by atoms with Gasteiger partial charge in [0.1, 0.15) is 0 Å². The summed E-state index contributed by atoms with van der Waals surface area (Å²) in [7, 11) is 0. The van der Waals surface area contributed by atoms with Gasteiger partial charge in [-0.2, -0.15) is 0 Å². The van der Waals surface area contributed by atoms with E-state index in [1.165, 1.54) is 0 Å². The fourth-order valence-corrected chi connectivity index (χ4v) is 5.00. The van der Waals surface area contributed by atoms with Gasteiger partial charge in [0.25, 0.3) is 0 Å². The molecule has 2 aromatic carbocycles. The van der Waals surface area contributed by atoms with Crippen LogP contribution in [0.4, 0.5) is 5.69 Å². The third-order valence-corrected chi connectivity index (χ3v) is 6.90. The van der Waals surface area contributed by atoms with Gasteiger partial charge in [-0.05, 0) is 72.9 Å². The zero-order valence-corrected chi connectivity index (χ0v) is 21.2. The molecule has 176 valence electrons. The van der Waals surface area contributed by atoms with Gasteiger partial charge in [-0.25, -0.2) is 0 Å². The lowest BCUT2D eigenvalue weighted by Crippen LogP contribution is -2.33. The molecule has 1 aliphatic heterocycles. The first-order chi connectivity index (χ1) is 17.1. The van der Waals surface area contributed by atoms with E-state index in [0.717, 1.165) is 27.2 Å². The van der Waals surface area contributed by atoms with E-state index in [9.17, 15) is 4.79 Å². The number of amides is 1. The maximum absolute atomic E-state index is 12.7. The number of halogens is 1. The van der Waals surface area contributed by atoms with E-state index < -0.39 is 0 Å². The van der Waals surface area contributed by atoms with Gasteiger partial charge in [-0.3, -0.25) is 9.78 Å². The zero-order chi connectivity index (χ0) is 24.2. The number of nitrogens with one attached hydrogen (secondary N) is 2. The number of thiocarbonyl (C=S) groups is 1. The number of hydrogen-bond donors (Lipinski definition) is 2. The summed E-state index contributed by atoms with van der Waals surface area (Å²) in [5, 5.41) is 7.04. The Morgan fingerprint density at radius 1 is 1.00 bits per heavy atom. The zero-order valence-electron chi connectivity index (χ0n) is 18.8. The molecule has 0 aliphatic carbocycles. The highest BCUT2D eigenvalue weighted by atomic mass is 79.9. The number of para-hydroxylation sites is 1. The Balaban J connectivity index is 1.45. The Kier molecular flexibility index (Phi) is 6.92. The van der Waals surface area contributed by atoms with E-state index in [4.69, 9.17) is 12.2 Å². The van der Waals surface area contributed by atoms with Gasteiger partial charge >= 0.3 is 0 Å². The minimum atomic E-state index is -0.148. The smallest absolute Gasteiger partial charge is 0.226 e. The van der Waals surface area contributed by atoms with E-state index in [1.807, 2.05) is 66.7 Å². The lowest BCUT2D eigenvalue weighted by Gasteiger charge is -2.29. The molecule has 2 N–H and O–H groups in total. The largest absolute Gasteiger partial charge is 0.352 e. The molecule has 2 aromatic heterocycles. The van der Waals surface area contributed by atoms with Crippen molar-refractivity contribution in [2.24, 2.45) is 0 Å². The van der Waals surface area contributed by atoms with Crippen molar-refractivity contribution in [2.75, 3.05) is 11.9 Å². The highest BCUT2D eigenvalue weighted by Gasteiger charge is 2.41. The van der Waals surface area contributed by atoms with Crippen molar-refractivity contribution >= 4 is 44.9 Å². The molecule has 1 fully saturated rings. The molecule has 6 nitrogen and oxygen atoms in total. The van der Waals surface area contributed by atoms with Crippen LogP contribution in [0.3, 0.4) is 0 Å². The Morgan fingerprint density at radius 3 is 2.51 bits per heavy atom. The Morgan fingerprint density at radius 2 is 1.77 bits per heavy atom. The van der Waals surface area contributed by atoms with Crippen molar-refractivity contribution in [1.29, 1.82) is 0 Å². The molecule has 8 heteroatoms. The fourth-order valence-electron chi connectivity index (χ4n) is 4.41. The van der Waals surface area contributed by atoms with Crippen LogP contribution in [0.1, 0.15) is 29.9 Å². The van der Waals surface area contributed by atoms with Gasteiger partial charge in [0, 0.05) is 46.9 Å². The molecule has 1 saturated heterocycles. The summed E-state index contributed by atoms with van der Waals surface area (Å²) in [5.41, 5.74) is 3.80. The van der Waals surface area contributed by atoms with Gasteiger partial charge in [-0.15, -0.1) is 0 Å². The van der Waals surface area contributed by atoms with Crippen LogP contribution in [0.25, 0.3) is 5.69 Å². The van der Waals surface area contributed by atoms with E-state index >= 15 is 0 Å². The number of nitrogens with zero attached hydrogens (tertiary/aromatic N) is 3. The number of hydrogen-bond acceptors (Lipinski definition) is 3. The van der Waals surface area contributed by atoms with Crippen molar-refractivity contribution in [3.63, 3.8) is 0 Å². The van der Waals surface area contributed by atoms with Crippen molar-refractivity contribution in [3.05, 3.63) is 113 Å². The molecule has 1 amide bonds. The lowest BCUT2D eigenvalue weighted by atomic mass is 10.0. The second-order valence-electron chi connectivity index (χ2n) is 8.26. The summed E-state index contributed by atoms with van der Waals surface area (Å²) in [6, 6.07) is 27.4. The average Bonchev–Trinajstić information content (AvgIpc) is 3.48. The van der Waals surface area contributed by atoms with Gasteiger partial charge in [-0.1, -0.05) is 40.2 Å². The highest BCUT2D eigenvalue weighted by Crippen LogP contribution is 2.39. The molecule has 35 heavy (non-hydrogen) atoms. The standard InChI is InChI=1S/C27H24BrN5OS/c28-19-11-13-21(14-12-19)32-17-6-10-23(32)26-25(22-9-4-5-16-29-22)31-27(35)33(26)18-15-24(34)30-20-7-2-1-3-8-20/h1-14,16-17,25-26H,15,18H2,(H,30,34)(H,31,35). The number of carbonyl (C=O) groups excluding carboxylic acids is 1. The second-order valence-corrected chi connectivity index (χ2v) is 9.57. The van der Waals surface area contributed by atoms with Gasteiger partial charge < -0.3 is 20.1 Å². The van der Waals surface area contributed by atoms with Crippen LogP contribution >= 0.6 is 28.1 Å². The predicted molar refractivity (Wildman–Crippen MR) is 145 cm³/mol.